The molecule has 1 rings (SSSR count). The lowest BCUT2D eigenvalue weighted by molar-refractivity contribution is 0.168. The molecule has 3 heteroatoms. The van der Waals surface area contributed by atoms with Crippen LogP contribution in [0.25, 0.3) is 0 Å². The van der Waals surface area contributed by atoms with Gasteiger partial charge in [-0.05, 0) is 25.8 Å². The van der Waals surface area contributed by atoms with Crippen LogP contribution in [0.4, 0.5) is 0 Å². The smallest absolute Gasteiger partial charge is 0.0231 e. The van der Waals surface area contributed by atoms with Crippen LogP contribution < -0.4 is 5.32 Å². The summed E-state index contributed by atoms with van der Waals surface area (Å²) >= 11 is 2.11. The topological polar surface area (TPSA) is 15.3 Å². The van der Waals surface area contributed by atoms with Crippen molar-refractivity contribution in [3.8, 4) is 0 Å². The van der Waals surface area contributed by atoms with Crippen LogP contribution in [0.1, 0.15) is 34.6 Å². The van der Waals surface area contributed by atoms with Crippen molar-refractivity contribution in [3.05, 3.63) is 0 Å². The summed E-state index contributed by atoms with van der Waals surface area (Å²) in [6.45, 7) is 17.5. The van der Waals surface area contributed by atoms with E-state index in [-0.39, 0.29) is 0 Å². The molecule has 0 aromatic rings. The maximum absolute atomic E-state index is 3.47. The Morgan fingerprint density at radius 3 is 2.62 bits per heavy atom. The maximum Gasteiger partial charge on any atom is 0.0231 e. The van der Waals surface area contributed by atoms with Gasteiger partial charge < -0.3 is 10.2 Å². The van der Waals surface area contributed by atoms with E-state index in [1.54, 1.807) is 0 Å². The molecule has 0 aromatic heterocycles. The van der Waals surface area contributed by atoms with Gasteiger partial charge in [-0.3, -0.25) is 0 Å². The van der Waals surface area contributed by atoms with Gasteiger partial charge in [-0.15, -0.1) is 0 Å². The molecule has 1 saturated heterocycles. The van der Waals surface area contributed by atoms with E-state index in [9.17, 15) is 0 Å². The number of nitrogens with zero attached hydrogens (tertiary/aromatic N) is 1. The molecule has 2 nitrogen and oxygen atoms in total. The Morgan fingerprint density at radius 1 is 1.38 bits per heavy atom. The first kappa shape index (κ1) is 14.3. The number of hydrogen-bond donors (Lipinski definition) is 1. The Labute approximate surface area is 106 Å². The van der Waals surface area contributed by atoms with Crippen LogP contribution in [0, 0.1) is 5.41 Å². The highest BCUT2D eigenvalue weighted by molar-refractivity contribution is 8.00. The number of thioether (sulfide) groups is 1. The first-order chi connectivity index (χ1) is 7.35. The first-order valence-corrected chi connectivity index (χ1v) is 7.40. The summed E-state index contributed by atoms with van der Waals surface area (Å²) in [4.78, 5) is 2.63. The average molecular weight is 244 g/mol. The van der Waals surface area contributed by atoms with Crippen molar-refractivity contribution in [2.24, 2.45) is 5.41 Å². The number of hydrogen-bond acceptors (Lipinski definition) is 3. The van der Waals surface area contributed by atoms with Gasteiger partial charge in [-0.1, -0.05) is 20.8 Å². The zero-order valence-corrected chi connectivity index (χ0v) is 12.4. The minimum atomic E-state index is 0.383. The number of nitrogens with one attached hydrogen (secondary N) is 1. The second-order valence-corrected chi connectivity index (χ2v) is 8.07. The van der Waals surface area contributed by atoms with Gasteiger partial charge in [-0.2, -0.15) is 11.8 Å². The fourth-order valence-corrected chi connectivity index (χ4v) is 3.55. The summed E-state index contributed by atoms with van der Waals surface area (Å²) in [6.07, 6.45) is 0. The van der Waals surface area contributed by atoms with Crippen LogP contribution in [0.3, 0.4) is 0 Å². The minimum absolute atomic E-state index is 0.383. The molecular weight excluding hydrogens is 216 g/mol. The Bertz CT molecular complexity index is 214. The molecule has 1 aliphatic rings. The molecule has 96 valence electrons. The zero-order valence-electron chi connectivity index (χ0n) is 11.6. The lowest BCUT2D eigenvalue weighted by Crippen LogP contribution is -2.48. The zero-order chi connectivity index (χ0) is 12.2. The van der Waals surface area contributed by atoms with Gasteiger partial charge in [0.1, 0.15) is 0 Å². The maximum atomic E-state index is 3.47. The van der Waals surface area contributed by atoms with Crippen LogP contribution in [0.5, 0.6) is 0 Å². The first-order valence-electron chi connectivity index (χ1n) is 6.42. The quantitative estimate of drug-likeness (QED) is 0.800. The molecule has 0 unspecified atom stereocenters. The van der Waals surface area contributed by atoms with Gasteiger partial charge in [0.15, 0.2) is 0 Å². The van der Waals surface area contributed by atoms with Crippen LogP contribution in [0.15, 0.2) is 0 Å². The van der Waals surface area contributed by atoms with Gasteiger partial charge in [0.2, 0.25) is 0 Å². The Kier molecular flexibility index (Phi) is 5.14. The molecule has 0 aromatic carbocycles. The summed E-state index contributed by atoms with van der Waals surface area (Å²) in [6, 6.07) is 0. The largest absolute Gasteiger partial charge is 0.316 e. The summed E-state index contributed by atoms with van der Waals surface area (Å²) in [5.74, 6) is 1.28. The van der Waals surface area contributed by atoms with Crippen molar-refractivity contribution in [1.29, 1.82) is 0 Å². The highest BCUT2D eigenvalue weighted by atomic mass is 32.2. The lowest BCUT2D eigenvalue weighted by Gasteiger charge is -2.41. The molecule has 1 fully saturated rings. The number of rotatable bonds is 5. The van der Waals surface area contributed by atoms with E-state index in [2.05, 4.69) is 56.6 Å². The molecule has 1 aliphatic heterocycles. The predicted molar refractivity (Wildman–Crippen MR) is 75.3 cm³/mol. The van der Waals surface area contributed by atoms with E-state index >= 15 is 0 Å². The predicted octanol–water partition coefficient (Wildman–Crippen LogP) is 2.45. The lowest BCUT2D eigenvalue weighted by atomic mass is 9.92. The van der Waals surface area contributed by atoms with E-state index in [1.165, 1.54) is 25.4 Å². The molecule has 0 spiro atoms. The molecule has 16 heavy (non-hydrogen) atoms. The van der Waals surface area contributed by atoms with Crippen molar-refractivity contribution in [2.75, 3.05) is 38.5 Å². The Morgan fingerprint density at radius 2 is 2.06 bits per heavy atom. The highest BCUT2D eigenvalue weighted by Crippen LogP contribution is 2.31. The van der Waals surface area contributed by atoms with Gasteiger partial charge in [0, 0.05) is 36.7 Å². The molecule has 0 amide bonds. The van der Waals surface area contributed by atoms with Crippen molar-refractivity contribution in [2.45, 2.75) is 39.4 Å². The van der Waals surface area contributed by atoms with E-state index in [0.29, 0.717) is 10.2 Å². The SMILES string of the molecule is CCNCC(C)(C)CN1CCSC(C)(C)C1. The van der Waals surface area contributed by atoms with Crippen molar-refractivity contribution in [1.82, 2.24) is 10.2 Å². The summed E-state index contributed by atoms with van der Waals surface area (Å²) in [5, 5.41) is 3.47. The van der Waals surface area contributed by atoms with Crippen molar-refractivity contribution >= 4 is 11.8 Å². The van der Waals surface area contributed by atoms with Crippen LogP contribution in [0.2, 0.25) is 0 Å². The van der Waals surface area contributed by atoms with E-state index < -0.39 is 0 Å². The van der Waals surface area contributed by atoms with Gasteiger partial charge in [-0.25, -0.2) is 0 Å². The molecule has 0 atom stereocenters. The minimum Gasteiger partial charge on any atom is -0.316 e. The fraction of sp³-hybridized carbons (Fsp3) is 1.00. The van der Waals surface area contributed by atoms with Crippen molar-refractivity contribution < 1.29 is 0 Å². The third-order valence-corrected chi connectivity index (χ3v) is 4.31. The Hall–Kier alpha value is 0.270. The molecule has 1 N–H and O–H groups in total. The average Bonchev–Trinajstić information content (AvgIpc) is 2.12. The van der Waals surface area contributed by atoms with Gasteiger partial charge in [0.05, 0.1) is 0 Å². The monoisotopic (exact) mass is 244 g/mol. The Balaban J connectivity index is 2.40. The highest BCUT2D eigenvalue weighted by Gasteiger charge is 2.30. The molecule has 0 radical (unpaired) electrons. The normalized spacial score (nSPS) is 22.3. The van der Waals surface area contributed by atoms with E-state index in [1.807, 2.05) is 0 Å². The summed E-state index contributed by atoms with van der Waals surface area (Å²) in [7, 11) is 0. The van der Waals surface area contributed by atoms with Crippen LogP contribution in [-0.2, 0) is 0 Å². The third-order valence-electron chi connectivity index (χ3n) is 3.01. The second kappa shape index (κ2) is 5.74. The molecule has 0 saturated carbocycles. The molecular formula is C13H28N2S. The molecule has 1 heterocycles. The van der Waals surface area contributed by atoms with E-state index in [0.717, 1.165) is 13.1 Å². The van der Waals surface area contributed by atoms with E-state index in [4.69, 9.17) is 0 Å². The van der Waals surface area contributed by atoms with Crippen molar-refractivity contribution in [3.63, 3.8) is 0 Å². The molecule has 0 aliphatic carbocycles. The van der Waals surface area contributed by atoms with Crippen LogP contribution in [-0.4, -0.2) is 48.1 Å². The summed E-state index contributed by atoms with van der Waals surface area (Å²) in [5.41, 5.74) is 0.383. The summed E-state index contributed by atoms with van der Waals surface area (Å²) < 4.78 is 0.437. The fourth-order valence-electron chi connectivity index (χ4n) is 2.37. The molecule has 0 bridgehead atoms. The van der Waals surface area contributed by atoms with Crippen LogP contribution >= 0.6 is 11.8 Å². The second-order valence-electron chi connectivity index (χ2n) is 6.26. The standard InChI is InChI=1S/C13H28N2S/c1-6-14-9-12(2,3)10-15-7-8-16-13(4,5)11-15/h14H,6-11H2,1-5H3. The third kappa shape index (κ3) is 5.07. The van der Waals surface area contributed by atoms with Gasteiger partial charge >= 0.3 is 0 Å². The van der Waals surface area contributed by atoms with Gasteiger partial charge in [0.25, 0.3) is 0 Å².